The maximum absolute atomic E-state index is 12.0. The smallest absolute Gasteiger partial charge is 0.277 e. The Balaban J connectivity index is 1.86. The van der Waals surface area contributed by atoms with E-state index in [1.54, 1.807) is 0 Å². The zero-order chi connectivity index (χ0) is 18.4. The summed E-state index contributed by atoms with van der Waals surface area (Å²) < 4.78 is 5.67. The summed E-state index contributed by atoms with van der Waals surface area (Å²) in [5, 5.41) is 11.5. The molecule has 1 unspecified atom stereocenters. The molecule has 6 heteroatoms. The van der Waals surface area contributed by atoms with Gasteiger partial charge >= 0.3 is 0 Å². The molecular weight excluding hydrogens is 334 g/mol. The van der Waals surface area contributed by atoms with E-state index < -0.39 is 0 Å². The Morgan fingerprint density at radius 3 is 2.44 bits per heavy atom. The van der Waals surface area contributed by atoms with Crippen LogP contribution in [-0.2, 0) is 4.79 Å². The van der Waals surface area contributed by atoms with Crippen molar-refractivity contribution >= 4 is 17.7 Å². The molecule has 2 aromatic rings. The Bertz CT molecular complexity index is 692. The molecule has 1 N–H and O–H groups in total. The van der Waals surface area contributed by atoms with Gasteiger partial charge in [0.15, 0.2) is 0 Å². The second kappa shape index (κ2) is 9.04. The van der Waals surface area contributed by atoms with E-state index in [9.17, 15) is 4.79 Å². The Hall–Kier alpha value is -1.82. The fraction of sp³-hybridized carbons (Fsp3) is 0.526. The molecule has 0 fully saturated rings. The van der Waals surface area contributed by atoms with E-state index in [2.05, 4.69) is 35.4 Å². The van der Waals surface area contributed by atoms with Crippen LogP contribution in [0.15, 0.2) is 27.8 Å². The zero-order valence-electron chi connectivity index (χ0n) is 15.6. The molecule has 5 nitrogen and oxygen atoms in total. The Kier molecular flexibility index (Phi) is 7.05. The molecule has 1 atom stereocenters. The van der Waals surface area contributed by atoms with Crippen molar-refractivity contribution in [3.8, 4) is 11.5 Å². The lowest BCUT2D eigenvalue weighted by Gasteiger charge is -2.14. The number of hydrogen-bond acceptors (Lipinski definition) is 5. The van der Waals surface area contributed by atoms with Crippen LogP contribution in [0.2, 0.25) is 0 Å². The van der Waals surface area contributed by atoms with Crippen LogP contribution in [0, 0.1) is 19.8 Å². The molecule has 1 amide bonds. The highest BCUT2D eigenvalue weighted by Gasteiger charge is 2.13. The molecule has 25 heavy (non-hydrogen) atoms. The highest BCUT2D eigenvalue weighted by molar-refractivity contribution is 7.99. The van der Waals surface area contributed by atoms with Crippen LogP contribution in [0.4, 0.5) is 0 Å². The number of aryl methyl sites for hydroxylation is 2. The Morgan fingerprint density at radius 2 is 1.80 bits per heavy atom. The third-order valence-electron chi connectivity index (χ3n) is 3.79. The predicted octanol–water partition coefficient (Wildman–Crippen LogP) is 4.39. The van der Waals surface area contributed by atoms with Crippen molar-refractivity contribution in [3.05, 3.63) is 29.3 Å². The van der Waals surface area contributed by atoms with Gasteiger partial charge in [-0.15, -0.1) is 10.2 Å². The third-order valence-corrected chi connectivity index (χ3v) is 4.60. The van der Waals surface area contributed by atoms with E-state index in [0.29, 0.717) is 17.0 Å². The van der Waals surface area contributed by atoms with Gasteiger partial charge in [-0.1, -0.05) is 42.8 Å². The van der Waals surface area contributed by atoms with Crippen molar-refractivity contribution in [2.75, 3.05) is 5.75 Å². The van der Waals surface area contributed by atoms with Crippen LogP contribution in [0.25, 0.3) is 11.5 Å². The van der Waals surface area contributed by atoms with Gasteiger partial charge in [-0.2, -0.15) is 0 Å². The number of rotatable bonds is 8. The molecule has 0 aliphatic rings. The van der Waals surface area contributed by atoms with E-state index in [1.165, 1.54) is 11.8 Å². The molecule has 0 aliphatic carbocycles. The number of aromatic nitrogens is 2. The first-order valence-corrected chi connectivity index (χ1v) is 9.66. The molecule has 2 rings (SSSR count). The van der Waals surface area contributed by atoms with Crippen LogP contribution in [-0.4, -0.2) is 27.9 Å². The monoisotopic (exact) mass is 361 g/mol. The number of nitrogens with one attached hydrogen (secondary N) is 1. The summed E-state index contributed by atoms with van der Waals surface area (Å²) in [4.78, 5) is 12.0. The van der Waals surface area contributed by atoms with Crippen LogP contribution < -0.4 is 5.32 Å². The zero-order valence-corrected chi connectivity index (χ0v) is 16.4. The lowest BCUT2D eigenvalue weighted by atomic mass is 10.0. The van der Waals surface area contributed by atoms with Gasteiger partial charge in [0.05, 0.1) is 5.75 Å². The topological polar surface area (TPSA) is 68.0 Å². The van der Waals surface area contributed by atoms with Crippen molar-refractivity contribution in [1.29, 1.82) is 0 Å². The lowest BCUT2D eigenvalue weighted by molar-refractivity contribution is -0.119. The fourth-order valence-electron chi connectivity index (χ4n) is 2.58. The Labute approximate surface area is 154 Å². The highest BCUT2D eigenvalue weighted by atomic mass is 32.2. The number of nitrogens with zero attached hydrogens (tertiary/aromatic N) is 2. The lowest BCUT2D eigenvalue weighted by Crippen LogP contribution is -2.34. The molecule has 1 aromatic carbocycles. The number of amides is 1. The molecule has 0 aliphatic heterocycles. The summed E-state index contributed by atoms with van der Waals surface area (Å²) in [7, 11) is 0. The minimum atomic E-state index is -0.00703. The average Bonchev–Trinajstić information content (AvgIpc) is 2.99. The summed E-state index contributed by atoms with van der Waals surface area (Å²) >= 11 is 1.27. The minimum Gasteiger partial charge on any atom is -0.411 e. The summed E-state index contributed by atoms with van der Waals surface area (Å²) in [6.45, 7) is 10.5. The van der Waals surface area contributed by atoms with Gasteiger partial charge in [0.1, 0.15) is 0 Å². The van der Waals surface area contributed by atoms with E-state index in [-0.39, 0.29) is 17.7 Å². The first kappa shape index (κ1) is 19.5. The molecule has 1 aromatic heterocycles. The summed E-state index contributed by atoms with van der Waals surface area (Å²) in [5.74, 6) is 1.41. The third kappa shape index (κ3) is 6.53. The van der Waals surface area contributed by atoms with Gasteiger partial charge < -0.3 is 9.73 Å². The summed E-state index contributed by atoms with van der Waals surface area (Å²) in [6, 6.07) is 6.31. The SMILES string of the molecule is Cc1cc(C)cc(-c2nnc(SCC(=O)NC(C)CCC(C)C)o2)c1. The quantitative estimate of drug-likeness (QED) is 0.706. The Morgan fingerprint density at radius 1 is 1.12 bits per heavy atom. The van der Waals surface area contributed by atoms with E-state index in [1.807, 2.05) is 32.9 Å². The largest absolute Gasteiger partial charge is 0.411 e. The number of thioether (sulfide) groups is 1. The molecule has 0 saturated heterocycles. The van der Waals surface area contributed by atoms with Gasteiger partial charge in [0.2, 0.25) is 11.8 Å². The molecule has 0 saturated carbocycles. The van der Waals surface area contributed by atoms with E-state index >= 15 is 0 Å². The van der Waals surface area contributed by atoms with Crippen molar-refractivity contribution in [3.63, 3.8) is 0 Å². The fourth-order valence-corrected chi connectivity index (χ4v) is 3.16. The van der Waals surface area contributed by atoms with Crippen molar-refractivity contribution < 1.29 is 9.21 Å². The first-order valence-electron chi connectivity index (χ1n) is 8.68. The van der Waals surface area contributed by atoms with Gasteiger partial charge in [-0.25, -0.2) is 0 Å². The van der Waals surface area contributed by atoms with Crippen LogP contribution >= 0.6 is 11.8 Å². The van der Waals surface area contributed by atoms with Crippen LogP contribution in [0.5, 0.6) is 0 Å². The summed E-state index contributed by atoms with van der Waals surface area (Å²) in [5.41, 5.74) is 3.21. The maximum atomic E-state index is 12.0. The molecular formula is C19H27N3O2S. The average molecular weight is 362 g/mol. The number of benzene rings is 1. The standard InChI is InChI=1S/C19H27N3O2S/c1-12(2)6-7-15(5)20-17(23)11-25-19-22-21-18(24-19)16-9-13(3)8-14(4)10-16/h8-10,12,15H,6-7,11H2,1-5H3,(H,20,23). The van der Waals surface area contributed by atoms with Crippen LogP contribution in [0.1, 0.15) is 44.7 Å². The molecule has 0 spiro atoms. The molecule has 0 radical (unpaired) electrons. The molecule has 0 bridgehead atoms. The van der Waals surface area contributed by atoms with Crippen molar-refractivity contribution in [2.45, 2.75) is 58.7 Å². The minimum absolute atomic E-state index is 0.00703. The van der Waals surface area contributed by atoms with Crippen LogP contribution in [0.3, 0.4) is 0 Å². The number of carbonyl (C=O) groups is 1. The second-order valence-corrected chi connectivity index (χ2v) is 7.90. The summed E-state index contributed by atoms with van der Waals surface area (Å²) in [6.07, 6.45) is 2.10. The molecule has 136 valence electrons. The van der Waals surface area contributed by atoms with Gasteiger partial charge in [-0.05, 0) is 51.7 Å². The first-order chi connectivity index (χ1) is 11.8. The van der Waals surface area contributed by atoms with Gasteiger partial charge in [0.25, 0.3) is 5.22 Å². The second-order valence-electron chi connectivity index (χ2n) is 6.98. The highest BCUT2D eigenvalue weighted by Crippen LogP contribution is 2.24. The van der Waals surface area contributed by atoms with E-state index in [0.717, 1.165) is 29.5 Å². The van der Waals surface area contributed by atoms with Crippen molar-refractivity contribution in [1.82, 2.24) is 15.5 Å². The van der Waals surface area contributed by atoms with Gasteiger partial charge in [-0.3, -0.25) is 4.79 Å². The van der Waals surface area contributed by atoms with E-state index in [4.69, 9.17) is 4.42 Å². The predicted molar refractivity (Wildman–Crippen MR) is 102 cm³/mol. The number of hydrogen-bond donors (Lipinski definition) is 1. The van der Waals surface area contributed by atoms with Gasteiger partial charge in [0, 0.05) is 11.6 Å². The normalized spacial score (nSPS) is 12.4. The number of carbonyl (C=O) groups excluding carboxylic acids is 1. The molecule has 1 heterocycles. The van der Waals surface area contributed by atoms with Crippen molar-refractivity contribution in [2.24, 2.45) is 5.92 Å². The maximum Gasteiger partial charge on any atom is 0.277 e.